The van der Waals surface area contributed by atoms with E-state index < -0.39 is 6.35 Å². The first-order chi connectivity index (χ1) is 6.37. The molecule has 2 N–H and O–H groups in total. The van der Waals surface area contributed by atoms with Gasteiger partial charge in [0.15, 0.2) is 6.35 Å². The van der Waals surface area contributed by atoms with Crippen LogP contribution in [0, 0.1) is 11.3 Å². The Morgan fingerprint density at radius 3 is 2.07 bits per heavy atom. The van der Waals surface area contributed by atoms with E-state index in [0.717, 1.165) is 0 Å². The second-order valence-electron chi connectivity index (χ2n) is 4.57. The van der Waals surface area contributed by atoms with E-state index in [0.29, 0.717) is 11.8 Å². The molecule has 1 aliphatic rings. The van der Waals surface area contributed by atoms with Gasteiger partial charge in [0, 0.05) is 13.1 Å². The van der Waals surface area contributed by atoms with Crippen LogP contribution >= 0.6 is 0 Å². The van der Waals surface area contributed by atoms with Crippen LogP contribution in [0.4, 0.5) is 0 Å². The van der Waals surface area contributed by atoms with E-state index in [9.17, 15) is 5.11 Å². The highest BCUT2D eigenvalue weighted by molar-refractivity contribution is 5.86. The fourth-order valence-corrected chi connectivity index (χ4v) is 2.07. The second kappa shape index (κ2) is 3.87. The lowest BCUT2D eigenvalue weighted by Crippen LogP contribution is -2.45. The zero-order chi connectivity index (χ0) is 11.0. The molecule has 0 radical (unpaired) electrons. The molecule has 0 aliphatic carbocycles. The molecular weight excluding hydrogens is 178 g/mol. The Hall–Kier alpha value is -0.610. The van der Waals surface area contributed by atoms with Gasteiger partial charge in [-0.3, -0.25) is 5.41 Å². The number of hydrogen-bond donors (Lipinski definition) is 2. The molecule has 1 heterocycles. The van der Waals surface area contributed by atoms with Crippen LogP contribution in [0.1, 0.15) is 27.7 Å². The van der Waals surface area contributed by atoms with Crippen molar-refractivity contribution in [2.45, 2.75) is 46.1 Å². The number of aliphatic hydroxyl groups excluding tert-OH is 1. The smallest absolute Gasteiger partial charge is 0.188 e. The molecule has 4 heteroatoms. The van der Waals surface area contributed by atoms with E-state index in [1.54, 1.807) is 11.9 Å². The van der Waals surface area contributed by atoms with Crippen LogP contribution in [0.2, 0.25) is 0 Å². The first kappa shape index (κ1) is 11.5. The standard InChI is InChI=1S/C10H21N3O/c1-6(2)8-9(11)12(5)10(14)13(8)7(3)4/h6-8,10-11,14H,1-5H3. The third-order valence-electron chi connectivity index (χ3n) is 2.82. The van der Waals surface area contributed by atoms with Gasteiger partial charge in [-0.05, 0) is 19.8 Å². The average Bonchev–Trinajstić information content (AvgIpc) is 2.29. The Balaban J connectivity index is 2.95. The van der Waals surface area contributed by atoms with Crippen molar-refractivity contribution in [2.75, 3.05) is 7.05 Å². The Bertz CT molecular complexity index is 227. The quantitative estimate of drug-likeness (QED) is 0.695. The molecule has 0 aromatic heterocycles. The molecule has 1 rings (SSSR count). The monoisotopic (exact) mass is 199 g/mol. The largest absolute Gasteiger partial charge is 0.361 e. The lowest BCUT2D eigenvalue weighted by Gasteiger charge is -2.31. The lowest BCUT2D eigenvalue weighted by atomic mass is 10.0. The highest BCUT2D eigenvalue weighted by atomic mass is 16.3. The fraction of sp³-hybridized carbons (Fsp3) is 0.900. The van der Waals surface area contributed by atoms with Gasteiger partial charge < -0.3 is 10.0 Å². The number of nitrogens with zero attached hydrogens (tertiary/aromatic N) is 2. The molecule has 14 heavy (non-hydrogen) atoms. The maximum atomic E-state index is 9.93. The summed E-state index contributed by atoms with van der Waals surface area (Å²) in [5.74, 6) is 0.866. The molecular formula is C10H21N3O. The fourth-order valence-electron chi connectivity index (χ4n) is 2.07. The number of likely N-dealkylation sites (N-methyl/N-ethyl adjacent to an activating group) is 1. The normalized spacial score (nSPS) is 29.7. The summed E-state index contributed by atoms with van der Waals surface area (Å²) in [4.78, 5) is 3.61. The summed E-state index contributed by atoms with van der Waals surface area (Å²) < 4.78 is 0. The summed E-state index contributed by atoms with van der Waals surface area (Å²) in [6, 6.07) is 0.290. The molecule has 0 bridgehead atoms. The van der Waals surface area contributed by atoms with Crippen molar-refractivity contribution in [3.63, 3.8) is 0 Å². The van der Waals surface area contributed by atoms with Crippen LogP contribution in [0.25, 0.3) is 0 Å². The minimum Gasteiger partial charge on any atom is -0.361 e. The molecule has 0 amide bonds. The highest BCUT2D eigenvalue weighted by Crippen LogP contribution is 2.26. The molecule has 2 unspecified atom stereocenters. The number of aliphatic hydroxyl groups is 1. The van der Waals surface area contributed by atoms with Crippen molar-refractivity contribution in [3.8, 4) is 0 Å². The Kier molecular flexibility index (Phi) is 3.17. The van der Waals surface area contributed by atoms with Gasteiger partial charge in [0.1, 0.15) is 5.84 Å². The molecule has 0 aromatic rings. The van der Waals surface area contributed by atoms with Gasteiger partial charge in [-0.2, -0.15) is 0 Å². The van der Waals surface area contributed by atoms with Gasteiger partial charge in [-0.15, -0.1) is 0 Å². The Labute approximate surface area is 86.0 Å². The molecule has 0 spiro atoms. The van der Waals surface area contributed by atoms with E-state index >= 15 is 0 Å². The average molecular weight is 199 g/mol. The first-order valence-corrected chi connectivity index (χ1v) is 5.14. The summed E-state index contributed by atoms with van der Waals surface area (Å²) in [5, 5.41) is 17.8. The van der Waals surface area contributed by atoms with E-state index in [1.807, 2.05) is 18.7 Å². The number of amidine groups is 1. The maximum absolute atomic E-state index is 9.93. The van der Waals surface area contributed by atoms with Crippen molar-refractivity contribution in [2.24, 2.45) is 5.92 Å². The van der Waals surface area contributed by atoms with Gasteiger partial charge in [0.25, 0.3) is 0 Å². The Morgan fingerprint density at radius 2 is 1.79 bits per heavy atom. The number of hydrogen-bond acceptors (Lipinski definition) is 3. The summed E-state index contributed by atoms with van der Waals surface area (Å²) in [6.07, 6.45) is -0.644. The zero-order valence-electron chi connectivity index (χ0n) is 9.65. The second-order valence-corrected chi connectivity index (χ2v) is 4.57. The topological polar surface area (TPSA) is 50.6 Å². The summed E-state index contributed by atoms with van der Waals surface area (Å²) in [7, 11) is 1.77. The zero-order valence-corrected chi connectivity index (χ0v) is 9.65. The first-order valence-electron chi connectivity index (χ1n) is 5.14. The van der Waals surface area contributed by atoms with Crippen LogP contribution in [-0.2, 0) is 0 Å². The molecule has 1 aliphatic heterocycles. The van der Waals surface area contributed by atoms with Gasteiger partial charge in [-0.25, -0.2) is 4.90 Å². The number of rotatable bonds is 2. The minimum absolute atomic E-state index is 0.0370. The van der Waals surface area contributed by atoms with Gasteiger partial charge in [0.2, 0.25) is 0 Å². The van der Waals surface area contributed by atoms with E-state index in [2.05, 4.69) is 13.8 Å². The third-order valence-corrected chi connectivity index (χ3v) is 2.82. The molecule has 0 aromatic carbocycles. The van der Waals surface area contributed by atoms with Crippen molar-refractivity contribution in [3.05, 3.63) is 0 Å². The Morgan fingerprint density at radius 1 is 1.29 bits per heavy atom. The summed E-state index contributed by atoms with van der Waals surface area (Å²) >= 11 is 0. The maximum Gasteiger partial charge on any atom is 0.188 e. The van der Waals surface area contributed by atoms with E-state index in [4.69, 9.17) is 5.41 Å². The van der Waals surface area contributed by atoms with E-state index in [1.165, 1.54) is 0 Å². The molecule has 82 valence electrons. The van der Waals surface area contributed by atoms with Crippen molar-refractivity contribution in [1.29, 1.82) is 5.41 Å². The molecule has 2 atom stereocenters. The predicted molar refractivity (Wildman–Crippen MR) is 57.1 cm³/mol. The van der Waals surface area contributed by atoms with Crippen LogP contribution in [0.5, 0.6) is 0 Å². The molecule has 4 nitrogen and oxygen atoms in total. The van der Waals surface area contributed by atoms with Crippen LogP contribution < -0.4 is 0 Å². The van der Waals surface area contributed by atoms with Gasteiger partial charge >= 0.3 is 0 Å². The van der Waals surface area contributed by atoms with Crippen molar-refractivity contribution in [1.82, 2.24) is 9.80 Å². The predicted octanol–water partition coefficient (Wildman–Crippen LogP) is 0.920. The third kappa shape index (κ3) is 1.64. The van der Waals surface area contributed by atoms with Crippen molar-refractivity contribution < 1.29 is 5.11 Å². The summed E-state index contributed by atoms with van der Waals surface area (Å²) in [6.45, 7) is 8.26. The van der Waals surface area contributed by atoms with Crippen molar-refractivity contribution >= 4 is 5.84 Å². The SMILES string of the molecule is CC(C)C1C(=N)N(C)C(O)N1C(C)C. The molecule has 0 saturated carbocycles. The molecule has 1 fully saturated rings. The van der Waals surface area contributed by atoms with Crippen LogP contribution in [-0.4, -0.2) is 46.2 Å². The number of nitrogens with one attached hydrogen (secondary N) is 1. The van der Waals surface area contributed by atoms with Gasteiger partial charge in [-0.1, -0.05) is 13.8 Å². The highest BCUT2D eigenvalue weighted by Gasteiger charge is 2.43. The lowest BCUT2D eigenvalue weighted by molar-refractivity contribution is -0.0703. The molecule has 1 saturated heterocycles. The van der Waals surface area contributed by atoms with Gasteiger partial charge in [0.05, 0.1) is 6.04 Å². The van der Waals surface area contributed by atoms with Crippen LogP contribution in [0.3, 0.4) is 0 Å². The minimum atomic E-state index is -0.644. The summed E-state index contributed by atoms with van der Waals surface area (Å²) in [5.41, 5.74) is 0. The van der Waals surface area contributed by atoms with E-state index in [-0.39, 0.29) is 12.1 Å². The van der Waals surface area contributed by atoms with Crippen LogP contribution in [0.15, 0.2) is 0 Å².